The van der Waals surface area contributed by atoms with Crippen molar-refractivity contribution in [3.63, 3.8) is 0 Å². The smallest absolute Gasteiger partial charge is 0.119 e. The molecule has 2 nitrogen and oxygen atoms in total. The Morgan fingerprint density at radius 2 is 1.04 bits per heavy atom. The van der Waals surface area contributed by atoms with Crippen LogP contribution in [0.15, 0.2) is 36.4 Å². The number of benzene rings is 2. The zero-order valence-corrected chi connectivity index (χ0v) is 17.0. The van der Waals surface area contributed by atoms with Crippen LogP contribution in [0.3, 0.4) is 0 Å². The van der Waals surface area contributed by atoms with Crippen molar-refractivity contribution in [1.82, 2.24) is 0 Å². The molecule has 2 N–H and O–H groups in total. The van der Waals surface area contributed by atoms with Gasteiger partial charge in [-0.2, -0.15) is 11.8 Å². The lowest BCUT2D eigenvalue weighted by molar-refractivity contribution is 0.445. The molecule has 0 saturated carbocycles. The highest BCUT2D eigenvalue weighted by Crippen LogP contribution is 2.34. The fourth-order valence-electron chi connectivity index (χ4n) is 2.83. The van der Waals surface area contributed by atoms with Gasteiger partial charge in [0.15, 0.2) is 0 Å². The lowest BCUT2D eigenvalue weighted by Gasteiger charge is -2.21. The minimum atomic E-state index is -0.0661. The van der Waals surface area contributed by atoms with Gasteiger partial charge in [0, 0.05) is 11.5 Å². The van der Waals surface area contributed by atoms with Gasteiger partial charge in [0.2, 0.25) is 0 Å². The van der Waals surface area contributed by atoms with Gasteiger partial charge in [-0.3, -0.25) is 0 Å². The summed E-state index contributed by atoms with van der Waals surface area (Å²) >= 11 is 1.85. The van der Waals surface area contributed by atoms with Crippen molar-refractivity contribution >= 4 is 11.8 Å². The van der Waals surface area contributed by atoms with Gasteiger partial charge < -0.3 is 10.2 Å². The van der Waals surface area contributed by atoms with E-state index in [4.69, 9.17) is 0 Å². The second-order valence-electron chi connectivity index (χ2n) is 8.70. The second kappa shape index (κ2) is 7.33. The summed E-state index contributed by atoms with van der Waals surface area (Å²) in [5, 5.41) is 20.2. The Morgan fingerprint density at radius 1 is 0.680 bits per heavy atom. The molecule has 0 heterocycles. The van der Waals surface area contributed by atoms with Crippen molar-refractivity contribution in [2.24, 2.45) is 0 Å². The third-order valence-corrected chi connectivity index (χ3v) is 5.35. The Labute approximate surface area is 156 Å². The standard InChI is InChI=1S/C22H30O2S/c1-21(2,3)17-11-15(7-9-19(17)23)13-25-14-16-8-10-20(24)18(12-16)22(4,5)6/h7-12,23-24H,13-14H2,1-6H3. The molecule has 0 spiro atoms. The highest BCUT2D eigenvalue weighted by atomic mass is 32.2. The first-order chi connectivity index (χ1) is 11.5. The predicted molar refractivity (Wildman–Crippen MR) is 109 cm³/mol. The molecule has 0 saturated heterocycles. The van der Waals surface area contributed by atoms with Crippen LogP contribution in [-0.4, -0.2) is 10.2 Å². The molecule has 0 aliphatic rings. The van der Waals surface area contributed by atoms with E-state index < -0.39 is 0 Å². The summed E-state index contributed by atoms with van der Waals surface area (Å²) in [5.41, 5.74) is 4.30. The average Bonchev–Trinajstić information content (AvgIpc) is 2.48. The fraction of sp³-hybridized carbons (Fsp3) is 0.455. The van der Waals surface area contributed by atoms with Crippen LogP contribution < -0.4 is 0 Å². The molecular formula is C22H30O2S. The minimum absolute atomic E-state index is 0.0661. The monoisotopic (exact) mass is 358 g/mol. The third kappa shape index (κ3) is 5.18. The van der Waals surface area contributed by atoms with Crippen LogP contribution in [0.25, 0.3) is 0 Å². The van der Waals surface area contributed by atoms with Crippen LogP contribution in [0.1, 0.15) is 63.8 Å². The van der Waals surface area contributed by atoms with Gasteiger partial charge in [-0.05, 0) is 45.2 Å². The SMILES string of the molecule is CC(C)(C)c1cc(CSCc2ccc(O)c(C(C)(C)C)c2)ccc1O. The van der Waals surface area contributed by atoms with Crippen LogP contribution in [0, 0.1) is 0 Å². The molecule has 2 aromatic rings. The predicted octanol–water partition coefficient (Wildman–Crippen LogP) is 6.13. The van der Waals surface area contributed by atoms with E-state index in [1.165, 1.54) is 11.1 Å². The maximum Gasteiger partial charge on any atom is 0.119 e. The highest BCUT2D eigenvalue weighted by molar-refractivity contribution is 7.97. The molecule has 0 amide bonds. The van der Waals surface area contributed by atoms with Crippen molar-refractivity contribution in [3.05, 3.63) is 58.7 Å². The molecule has 2 aromatic carbocycles. The van der Waals surface area contributed by atoms with Crippen molar-refractivity contribution in [2.45, 2.75) is 63.9 Å². The van der Waals surface area contributed by atoms with Crippen molar-refractivity contribution in [2.75, 3.05) is 0 Å². The van der Waals surface area contributed by atoms with Gasteiger partial charge in [-0.25, -0.2) is 0 Å². The number of phenolic OH excluding ortho intramolecular Hbond substituents is 2. The van der Waals surface area contributed by atoms with Crippen molar-refractivity contribution in [1.29, 1.82) is 0 Å². The van der Waals surface area contributed by atoms with Gasteiger partial charge in [0.1, 0.15) is 11.5 Å². The Morgan fingerprint density at radius 3 is 1.36 bits per heavy atom. The van der Waals surface area contributed by atoms with E-state index in [0.717, 1.165) is 22.6 Å². The van der Waals surface area contributed by atoms with E-state index in [2.05, 4.69) is 53.7 Å². The van der Waals surface area contributed by atoms with Crippen LogP contribution >= 0.6 is 11.8 Å². The van der Waals surface area contributed by atoms with Crippen molar-refractivity contribution in [3.8, 4) is 11.5 Å². The molecule has 0 radical (unpaired) electrons. The van der Waals surface area contributed by atoms with E-state index in [1.54, 1.807) is 12.1 Å². The van der Waals surface area contributed by atoms with E-state index in [9.17, 15) is 10.2 Å². The summed E-state index contributed by atoms with van der Waals surface area (Å²) in [4.78, 5) is 0. The number of hydrogen-bond donors (Lipinski definition) is 2. The van der Waals surface area contributed by atoms with Crippen LogP contribution in [-0.2, 0) is 22.3 Å². The van der Waals surface area contributed by atoms with Crippen LogP contribution in [0.2, 0.25) is 0 Å². The first-order valence-electron chi connectivity index (χ1n) is 8.71. The zero-order valence-electron chi connectivity index (χ0n) is 16.2. The Bertz CT molecular complexity index is 673. The number of phenols is 2. The summed E-state index contributed by atoms with van der Waals surface area (Å²) in [5.74, 6) is 2.54. The maximum atomic E-state index is 10.1. The van der Waals surface area contributed by atoms with Crippen LogP contribution in [0.4, 0.5) is 0 Å². The summed E-state index contributed by atoms with van der Waals surface area (Å²) in [6, 6.07) is 11.8. The molecule has 0 aromatic heterocycles. The van der Waals surface area contributed by atoms with Crippen molar-refractivity contribution < 1.29 is 10.2 Å². The minimum Gasteiger partial charge on any atom is -0.508 e. The molecule has 0 fully saturated rings. The summed E-state index contributed by atoms with van der Waals surface area (Å²) < 4.78 is 0. The summed E-state index contributed by atoms with van der Waals surface area (Å²) in [6.45, 7) is 12.7. The lowest BCUT2D eigenvalue weighted by atomic mass is 9.85. The number of aromatic hydroxyl groups is 2. The summed E-state index contributed by atoms with van der Waals surface area (Å²) in [6.07, 6.45) is 0. The molecule has 0 bridgehead atoms. The second-order valence-corrected chi connectivity index (χ2v) is 9.68. The number of thioether (sulfide) groups is 1. The average molecular weight is 359 g/mol. The zero-order chi connectivity index (χ0) is 18.8. The first kappa shape index (κ1) is 19.7. The van der Waals surface area contributed by atoms with Gasteiger partial charge in [0.25, 0.3) is 0 Å². The number of hydrogen-bond acceptors (Lipinski definition) is 3. The van der Waals surface area contributed by atoms with Gasteiger partial charge in [-0.1, -0.05) is 65.8 Å². The largest absolute Gasteiger partial charge is 0.508 e. The van der Waals surface area contributed by atoms with E-state index >= 15 is 0 Å². The summed E-state index contributed by atoms with van der Waals surface area (Å²) in [7, 11) is 0. The van der Waals surface area contributed by atoms with E-state index in [-0.39, 0.29) is 10.8 Å². The molecule has 136 valence electrons. The quantitative estimate of drug-likeness (QED) is 0.691. The highest BCUT2D eigenvalue weighted by Gasteiger charge is 2.19. The lowest BCUT2D eigenvalue weighted by Crippen LogP contribution is -2.11. The van der Waals surface area contributed by atoms with Crippen LogP contribution in [0.5, 0.6) is 11.5 Å². The molecule has 25 heavy (non-hydrogen) atoms. The van der Waals surface area contributed by atoms with Gasteiger partial charge in [0.05, 0.1) is 0 Å². The normalized spacial score (nSPS) is 12.4. The Kier molecular flexibility index (Phi) is 5.78. The molecule has 0 aliphatic heterocycles. The maximum absolute atomic E-state index is 10.1. The Balaban J connectivity index is 2.07. The topological polar surface area (TPSA) is 40.5 Å². The third-order valence-electron chi connectivity index (χ3n) is 4.28. The van der Waals surface area contributed by atoms with E-state index in [1.807, 2.05) is 23.9 Å². The molecule has 0 unspecified atom stereocenters. The van der Waals surface area contributed by atoms with E-state index in [0.29, 0.717) is 11.5 Å². The number of rotatable bonds is 4. The molecule has 0 aliphatic carbocycles. The molecule has 2 rings (SSSR count). The first-order valence-corrected chi connectivity index (χ1v) is 9.86. The van der Waals surface area contributed by atoms with Gasteiger partial charge >= 0.3 is 0 Å². The van der Waals surface area contributed by atoms with Gasteiger partial charge in [-0.15, -0.1) is 0 Å². The molecule has 0 atom stereocenters. The molecule has 3 heteroatoms. The fourth-order valence-corrected chi connectivity index (χ4v) is 3.77. The Hall–Kier alpha value is -1.61. The molecular weight excluding hydrogens is 328 g/mol.